The van der Waals surface area contributed by atoms with Gasteiger partial charge < -0.3 is 4.57 Å². The van der Waals surface area contributed by atoms with Gasteiger partial charge in [-0.05, 0) is 30.2 Å². The molecule has 0 saturated carbocycles. The first-order chi connectivity index (χ1) is 11.1. The molecule has 0 aliphatic heterocycles. The van der Waals surface area contributed by atoms with Crippen LogP contribution in [0.4, 0.5) is 10.1 Å². The molecular formula is C18H18FN3S. The Balaban J connectivity index is 2.16. The molecule has 0 fully saturated rings. The van der Waals surface area contributed by atoms with Crippen LogP contribution in [0.1, 0.15) is 13.8 Å². The van der Waals surface area contributed by atoms with Crippen molar-refractivity contribution in [3.05, 3.63) is 64.8 Å². The van der Waals surface area contributed by atoms with E-state index in [2.05, 4.69) is 28.4 Å². The highest BCUT2D eigenvalue weighted by molar-refractivity contribution is 7.07. The van der Waals surface area contributed by atoms with Crippen LogP contribution in [0, 0.1) is 11.7 Å². The Morgan fingerprint density at radius 3 is 2.74 bits per heavy atom. The Kier molecular flexibility index (Phi) is 4.67. The maximum absolute atomic E-state index is 14.2. The van der Waals surface area contributed by atoms with Crippen molar-refractivity contribution in [2.45, 2.75) is 20.4 Å². The summed E-state index contributed by atoms with van der Waals surface area (Å²) in [5.41, 5.74) is 2.27. The molecule has 0 spiro atoms. The zero-order valence-corrected chi connectivity index (χ0v) is 13.9. The molecule has 0 amide bonds. The molecule has 3 aromatic rings. The topological polar surface area (TPSA) is 30.2 Å². The van der Waals surface area contributed by atoms with Crippen molar-refractivity contribution in [1.29, 1.82) is 0 Å². The van der Waals surface area contributed by atoms with Gasteiger partial charge in [0.05, 0.1) is 17.6 Å². The summed E-state index contributed by atoms with van der Waals surface area (Å²) in [6.45, 7) is 5.07. The van der Waals surface area contributed by atoms with E-state index < -0.39 is 0 Å². The monoisotopic (exact) mass is 327 g/mol. The second kappa shape index (κ2) is 6.87. The van der Waals surface area contributed by atoms with Gasteiger partial charge >= 0.3 is 0 Å². The molecule has 0 aliphatic rings. The largest absolute Gasteiger partial charge is 0.316 e. The third kappa shape index (κ3) is 3.56. The molecule has 0 unspecified atom stereocenters. The standard InChI is InChI=1S/C18H18FN3S/c1-13(2)11-22-17(15-7-3-4-8-16(15)19)12-23-18(22)21-14-6-5-9-20-10-14/h3-10,12-13H,11H2,1-2H3. The van der Waals surface area contributed by atoms with Gasteiger partial charge in [-0.2, -0.15) is 0 Å². The van der Waals surface area contributed by atoms with Gasteiger partial charge in [0.2, 0.25) is 0 Å². The molecule has 1 aromatic carbocycles. The van der Waals surface area contributed by atoms with Gasteiger partial charge in [-0.3, -0.25) is 4.98 Å². The quantitative estimate of drug-likeness (QED) is 0.686. The van der Waals surface area contributed by atoms with Crippen LogP contribution < -0.4 is 4.80 Å². The smallest absolute Gasteiger partial charge is 0.190 e. The van der Waals surface area contributed by atoms with Crippen LogP contribution in [-0.2, 0) is 6.54 Å². The van der Waals surface area contributed by atoms with E-state index in [-0.39, 0.29) is 5.82 Å². The number of hydrogen-bond donors (Lipinski definition) is 0. The summed E-state index contributed by atoms with van der Waals surface area (Å²) >= 11 is 1.52. The molecular weight excluding hydrogens is 309 g/mol. The second-order valence-corrected chi connectivity index (χ2v) is 6.55. The third-order valence-corrected chi connectivity index (χ3v) is 4.23. The SMILES string of the molecule is CC(C)Cn1c(-c2ccccc2F)csc1=Nc1cccnc1. The van der Waals surface area contributed by atoms with Gasteiger partial charge in [-0.25, -0.2) is 9.38 Å². The highest BCUT2D eigenvalue weighted by atomic mass is 32.1. The van der Waals surface area contributed by atoms with Gasteiger partial charge in [-0.1, -0.05) is 26.0 Å². The molecule has 5 heteroatoms. The lowest BCUT2D eigenvalue weighted by molar-refractivity contribution is 0.517. The van der Waals surface area contributed by atoms with Gasteiger partial charge in [0.15, 0.2) is 4.80 Å². The van der Waals surface area contributed by atoms with Gasteiger partial charge in [-0.15, -0.1) is 11.3 Å². The Bertz CT molecular complexity index is 850. The van der Waals surface area contributed by atoms with Crippen molar-refractivity contribution in [1.82, 2.24) is 9.55 Å². The summed E-state index contributed by atoms with van der Waals surface area (Å²) < 4.78 is 16.3. The minimum atomic E-state index is -0.212. The van der Waals surface area contributed by atoms with E-state index in [0.29, 0.717) is 11.5 Å². The lowest BCUT2D eigenvalue weighted by atomic mass is 10.1. The highest BCUT2D eigenvalue weighted by Gasteiger charge is 2.12. The molecule has 3 nitrogen and oxygen atoms in total. The van der Waals surface area contributed by atoms with E-state index >= 15 is 0 Å². The lowest BCUT2D eigenvalue weighted by Crippen LogP contribution is -2.19. The molecule has 118 valence electrons. The first-order valence-corrected chi connectivity index (χ1v) is 8.41. The van der Waals surface area contributed by atoms with Gasteiger partial charge in [0.1, 0.15) is 5.82 Å². The van der Waals surface area contributed by atoms with Gasteiger partial charge in [0, 0.05) is 23.7 Å². The van der Waals surface area contributed by atoms with Gasteiger partial charge in [0.25, 0.3) is 0 Å². The normalized spacial score (nSPS) is 12.1. The Hall–Kier alpha value is -2.27. The number of thiazole rings is 1. The number of pyridine rings is 1. The van der Waals surface area contributed by atoms with Crippen molar-refractivity contribution in [3.8, 4) is 11.3 Å². The van der Waals surface area contributed by atoms with E-state index in [1.807, 2.05) is 29.6 Å². The molecule has 23 heavy (non-hydrogen) atoms. The predicted molar refractivity (Wildman–Crippen MR) is 92.0 cm³/mol. The first kappa shape index (κ1) is 15.6. The zero-order chi connectivity index (χ0) is 16.2. The summed E-state index contributed by atoms with van der Waals surface area (Å²) in [7, 11) is 0. The van der Waals surface area contributed by atoms with E-state index in [0.717, 1.165) is 22.7 Å². The number of rotatable bonds is 4. The molecule has 3 rings (SSSR count). The summed E-state index contributed by atoms with van der Waals surface area (Å²) in [4.78, 5) is 9.61. The summed E-state index contributed by atoms with van der Waals surface area (Å²) in [5.74, 6) is 0.221. The van der Waals surface area contributed by atoms with E-state index in [1.54, 1.807) is 18.5 Å². The predicted octanol–water partition coefficient (Wildman–Crippen LogP) is 4.64. The molecule has 2 aromatic heterocycles. The van der Waals surface area contributed by atoms with Crippen molar-refractivity contribution >= 4 is 17.0 Å². The molecule has 0 aliphatic carbocycles. The van der Waals surface area contributed by atoms with Crippen molar-refractivity contribution in [2.75, 3.05) is 0 Å². The summed E-state index contributed by atoms with van der Waals surface area (Å²) in [6, 6.07) is 10.6. The van der Waals surface area contributed by atoms with E-state index in [9.17, 15) is 4.39 Å². The number of hydrogen-bond acceptors (Lipinski definition) is 3. The van der Waals surface area contributed by atoms with Crippen LogP contribution in [0.3, 0.4) is 0 Å². The fourth-order valence-corrected chi connectivity index (χ4v) is 3.30. The van der Waals surface area contributed by atoms with Crippen LogP contribution in [-0.4, -0.2) is 9.55 Å². The Labute approximate surface area is 138 Å². The van der Waals surface area contributed by atoms with Crippen molar-refractivity contribution in [2.24, 2.45) is 10.9 Å². The number of halogens is 1. The van der Waals surface area contributed by atoms with Crippen LogP contribution >= 0.6 is 11.3 Å². The van der Waals surface area contributed by atoms with E-state index in [1.165, 1.54) is 17.4 Å². The van der Waals surface area contributed by atoms with Crippen LogP contribution in [0.25, 0.3) is 11.3 Å². The molecule has 0 bridgehead atoms. The summed E-state index contributed by atoms with van der Waals surface area (Å²) in [5, 5.41) is 1.97. The molecule has 2 heterocycles. The summed E-state index contributed by atoms with van der Waals surface area (Å²) in [6.07, 6.45) is 3.45. The molecule has 0 atom stereocenters. The molecule has 0 N–H and O–H groups in total. The maximum atomic E-state index is 14.2. The Morgan fingerprint density at radius 2 is 2.04 bits per heavy atom. The molecule has 0 saturated heterocycles. The molecule has 0 radical (unpaired) electrons. The van der Waals surface area contributed by atoms with Crippen molar-refractivity contribution in [3.63, 3.8) is 0 Å². The fraction of sp³-hybridized carbons (Fsp3) is 0.222. The fourth-order valence-electron chi connectivity index (χ4n) is 2.38. The minimum Gasteiger partial charge on any atom is -0.316 e. The number of nitrogens with zero attached hydrogens (tertiary/aromatic N) is 3. The average Bonchev–Trinajstić information content (AvgIpc) is 2.91. The Morgan fingerprint density at radius 1 is 1.22 bits per heavy atom. The lowest BCUT2D eigenvalue weighted by Gasteiger charge is -2.12. The number of aromatic nitrogens is 2. The highest BCUT2D eigenvalue weighted by Crippen LogP contribution is 2.24. The first-order valence-electron chi connectivity index (χ1n) is 7.53. The van der Waals surface area contributed by atoms with Crippen LogP contribution in [0.5, 0.6) is 0 Å². The van der Waals surface area contributed by atoms with Crippen LogP contribution in [0.15, 0.2) is 59.2 Å². The minimum absolute atomic E-state index is 0.212. The van der Waals surface area contributed by atoms with Crippen LogP contribution in [0.2, 0.25) is 0 Å². The van der Waals surface area contributed by atoms with Crippen molar-refractivity contribution < 1.29 is 4.39 Å². The van der Waals surface area contributed by atoms with E-state index in [4.69, 9.17) is 0 Å². The number of benzene rings is 1. The second-order valence-electron chi connectivity index (χ2n) is 5.71. The maximum Gasteiger partial charge on any atom is 0.190 e. The average molecular weight is 327 g/mol. The zero-order valence-electron chi connectivity index (χ0n) is 13.1. The third-order valence-electron chi connectivity index (χ3n) is 3.37.